The highest BCUT2D eigenvalue weighted by Gasteiger charge is 2.32. The third kappa shape index (κ3) is 3.70. The van der Waals surface area contributed by atoms with Gasteiger partial charge < -0.3 is 14.8 Å². The van der Waals surface area contributed by atoms with Gasteiger partial charge in [0.1, 0.15) is 11.5 Å². The van der Waals surface area contributed by atoms with E-state index in [-0.39, 0.29) is 0 Å². The molecule has 0 saturated heterocycles. The van der Waals surface area contributed by atoms with Crippen LogP contribution < -0.4 is 14.8 Å². The van der Waals surface area contributed by atoms with Crippen molar-refractivity contribution in [2.45, 2.75) is 45.6 Å². The highest BCUT2D eigenvalue weighted by molar-refractivity contribution is 5.47. The molecule has 2 rings (SSSR count). The van der Waals surface area contributed by atoms with Crippen LogP contribution in [0, 0.1) is 11.8 Å². The van der Waals surface area contributed by atoms with Crippen molar-refractivity contribution in [1.82, 2.24) is 5.32 Å². The fraction of sp³-hybridized carbons (Fsp3) is 0.667. The van der Waals surface area contributed by atoms with Crippen LogP contribution in [0.4, 0.5) is 0 Å². The van der Waals surface area contributed by atoms with Gasteiger partial charge in [0.05, 0.1) is 19.8 Å². The van der Waals surface area contributed by atoms with E-state index in [2.05, 4.69) is 19.2 Å². The molecule has 21 heavy (non-hydrogen) atoms. The molecule has 3 atom stereocenters. The summed E-state index contributed by atoms with van der Waals surface area (Å²) < 4.78 is 11.2. The lowest BCUT2D eigenvalue weighted by Crippen LogP contribution is -2.29. The monoisotopic (exact) mass is 291 g/mol. The number of ether oxygens (including phenoxy) is 2. The van der Waals surface area contributed by atoms with Crippen molar-refractivity contribution < 1.29 is 9.47 Å². The lowest BCUT2D eigenvalue weighted by Gasteiger charge is -2.28. The molecule has 0 spiro atoms. The summed E-state index contributed by atoms with van der Waals surface area (Å²) in [5.41, 5.74) is 1.19. The Bertz CT molecular complexity index is 425. The van der Waals surface area contributed by atoms with Gasteiger partial charge in [-0.15, -0.1) is 0 Å². The lowest BCUT2D eigenvalue weighted by molar-refractivity contribution is 0.321. The van der Waals surface area contributed by atoms with Gasteiger partial charge in [-0.05, 0) is 49.8 Å². The van der Waals surface area contributed by atoms with Crippen molar-refractivity contribution in [1.29, 1.82) is 0 Å². The fourth-order valence-electron chi connectivity index (χ4n) is 3.54. The first-order valence-corrected chi connectivity index (χ1v) is 8.15. The first-order valence-electron chi connectivity index (χ1n) is 8.15. The predicted molar refractivity (Wildman–Crippen MR) is 87.1 cm³/mol. The molecule has 1 aromatic rings. The Morgan fingerprint density at radius 2 is 1.86 bits per heavy atom. The van der Waals surface area contributed by atoms with E-state index < -0.39 is 0 Å². The van der Waals surface area contributed by atoms with Gasteiger partial charge in [0.2, 0.25) is 0 Å². The van der Waals surface area contributed by atoms with E-state index in [9.17, 15) is 0 Å². The number of nitrogens with one attached hydrogen (secondary N) is 1. The topological polar surface area (TPSA) is 30.5 Å². The molecule has 3 heteroatoms. The Kier molecular flexibility index (Phi) is 5.92. The highest BCUT2D eigenvalue weighted by atomic mass is 16.5. The van der Waals surface area contributed by atoms with Crippen LogP contribution in [0.5, 0.6) is 11.5 Å². The summed E-state index contributed by atoms with van der Waals surface area (Å²) in [5, 5.41) is 3.74. The molecule has 1 saturated carbocycles. The van der Waals surface area contributed by atoms with Gasteiger partial charge in [-0.2, -0.15) is 0 Å². The number of benzene rings is 1. The molecule has 0 amide bonds. The lowest BCUT2D eigenvalue weighted by atomic mass is 9.89. The number of rotatable bonds is 7. The molecule has 3 unspecified atom stereocenters. The second-order valence-electron chi connectivity index (χ2n) is 6.19. The smallest absolute Gasteiger partial charge is 0.127 e. The van der Waals surface area contributed by atoms with Crippen LogP contribution in [0.25, 0.3) is 0 Å². The minimum Gasteiger partial charge on any atom is -0.496 e. The zero-order chi connectivity index (χ0) is 15.2. The van der Waals surface area contributed by atoms with E-state index in [1.807, 2.05) is 18.2 Å². The summed E-state index contributed by atoms with van der Waals surface area (Å²) >= 11 is 0. The molecule has 0 heterocycles. The average Bonchev–Trinajstić information content (AvgIpc) is 2.94. The minimum absolute atomic E-state index is 0.320. The molecule has 0 aromatic heterocycles. The molecule has 118 valence electrons. The third-order valence-electron chi connectivity index (χ3n) is 4.60. The van der Waals surface area contributed by atoms with Crippen LogP contribution in [0.15, 0.2) is 18.2 Å². The summed E-state index contributed by atoms with van der Waals surface area (Å²) in [6, 6.07) is 6.39. The van der Waals surface area contributed by atoms with Gasteiger partial charge in [-0.3, -0.25) is 0 Å². The van der Waals surface area contributed by atoms with Gasteiger partial charge in [0, 0.05) is 6.04 Å². The first-order chi connectivity index (χ1) is 10.2. The van der Waals surface area contributed by atoms with Crippen LogP contribution in [0.2, 0.25) is 0 Å². The van der Waals surface area contributed by atoms with Crippen LogP contribution in [-0.2, 0) is 0 Å². The van der Waals surface area contributed by atoms with Crippen molar-refractivity contribution in [3.05, 3.63) is 23.8 Å². The van der Waals surface area contributed by atoms with Gasteiger partial charge in [-0.25, -0.2) is 0 Å². The second-order valence-corrected chi connectivity index (χ2v) is 6.19. The normalized spacial score (nSPS) is 23.0. The molecule has 1 aliphatic carbocycles. The van der Waals surface area contributed by atoms with E-state index >= 15 is 0 Å². The fourth-order valence-corrected chi connectivity index (χ4v) is 3.54. The largest absolute Gasteiger partial charge is 0.496 e. The maximum atomic E-state index is 5.62. The maximum Gasteiger partial charge on any atom is 0.127 e. The number of hydrogen-bond donors (Lipinski definition) is 1. The van der Waals surface area contributed by atoms with Crippen LogP contribution in [-0.4, -0.2) is 20.8 Å². The van der Waals surface area contributed by atoms with Crippen LogP contribution >= 0.6 is 0 Å². The number of hydrogen-bond acceptors (Lipinski definition) is 3. The SMILES string of the molecule is CCCNC(c1c(OC)cccc1OC)C1CCC(C)C1. The van der Waals surface area contributed by atoms with E-state index in [0.717, 1.165) is 30.4 Å². The Hall–Kier alpha value is -1.22. The van der Waals surface area contributed by atoms with E-state index in [1.165, 1.54) is 24.8 Å². The Labute approximate surface area is 129 Å². The Morgan fingerprint density at radius 3 is 2.33 bits per heavy atom. The standard InChI is InChI=1S/C18H29NO2/c1-5-11-19-18(14-10-9-13(2)12-14)17-15(20-3)7-6-8-16(17)21-4/h6-8,13-14,18-19H,5,9-12H2,1-4H3. The zero-order valence-corrected chi connectivity index (χ0v) is 13.8. The summed E-state index contributed by atoms with van der Waals surface area (Å²) in [4.78, 5) is 0. The Morgan fingerprint density at radius 1 is 1.19 bits per heavy atom. The predicted octanol–water partition coefficient (Wildman–Crippen LogP) is 4.18. The van der Waals surface area contributed by atoms with Gasteiger partial charge in [0.15, 0.2) is 0 Å². The van der Waals surface area contributed by atoms with Gasteiger partial charge >= 0.3 is 0 Å². The molecule has 0 bridgehead atoms. The quantitative estimate of drug-likeness (QED) is 0.817. The molecular weight excluding hydrogens is 262 g/mol. The molecular formula is C18H29NO2. The van der Waals surface area contributed by atoms with Crippen LogP contribution in [0.3, 0.4) is 0 Å². The average molecular weight is 291 g/mol. The minimum atomic E-state index is 0.320. The first kappa shape index (κ1) is 16.2. The molecule has 0 radical (unpaired) electrons. The van der Waals surface area contributed by atoms with Crippen molar-refractivity contribution in [3.8, 4) is 11.5 Å². The van der Waals surface area contributed by atoms with Crippen molar-refractivity contribution >= 4 is 0 Å². The van der Waals surface area contributed by atoms with Gasteiger partial charge in [0.25, 0.3) is 0 Å². The maximum absolute atomic E-state index is 5.62. The highest BCUT2D eigenvalue weighted by Crippen LogP contribution is 2.44. The molecule has 0 aliphatic heterocycles. The summed E-state index contributed by atoms with van der Waals surface area (Å²) in [6.07, 6.45) is 5.02. The van der Waals surface area contributed by atoms with Gasteiger partial charge in [-0.1, -0.05) is 26.3 Å². The molecule has 1 N–H and O–H groups in total. The van der Waals surface area contributed by atoms with Crippen LogP contribution in [0.1, 0.15) is 51.1 Å². The number of methoxy groups -OCH3 is 2. The van der Waals surface area contributed by atoms with E-state index in [1.54, 1.807) is 14.2 Å². The molecule has 1 aromatic carbocycles. The third-order valence-corrected chi connectivity index (χ3v) is 4.60. The summed E-state index contributed by atoms with van der Waals surface area (Å²) in [5.74, 6) is 3.35. The van der Waals surface area contributed by atoms with E-state index in [4.69, 9.17) is 9.47 Å². The summed E-state index contributed by atoms with van der Waals surface area (Å²) in [7, 11) is 3.48. The van der Waals surface area contributed by atoms with Crippen molar-refractivity contribution in [3.63, 3.8) is 0 Å². The molecule has 1 fully saturated rings. The Balaban J connectivity index is 2.35. The second kappa shape index (κ2) is 7.69. The van der Waals surface area contributed by atoms with E-state index in [0.29, 0.717) is 12.0 Å². The van der Waals surface area contributed by atoms with Crippen molar-refractivity contribution in [2.75, 3.05) is 20.8 Å². The molecule has 1 aliphatic rings. The molecule has 3 nitrogen and oxygen atoms in total. The zero-order valence-electron chi connectivity index (χ0n) is 13.8. The summed E-state index contributed by atoms with van der Waals surface area (Å²) in [6.45, 7) is 5.59. The van der Waals surface area contributed by atoms with Crippen molar-refractivity contribution in [2.24, 2.45) is 11.8 Å².